The highest BCUT2D eigenvalue weighted by Gasteiger charge is 2.26. The number of Topliss-reactive ketones (excluding diaryl/α,β-unsaturated/α-hetero) is 1. The van der Waals surface area contributed by atoms with Crippen molar-refractivity contribution in [3.63, 3.8) is 0 Å². The van der Waals surface area contributed by atoms with Gasteiger partial charge >= 0.3 is 0 Å². The van der Waals surface area contributed by atoms with Gasteiger partial charge in [0, 0.05) is 6.07 Å². The Morgan fingerprint density at radius 3 is 1.77 bits per heavy atom. The molecule has 0 amide bonds. The van der Waals surface area contributed by atoms with Gasteiger partial charge in [-0.15, -0.1) is 0 Å². The van der Waals surface area contributed by atoms with E-state index in [1.54, 1.807) is 6.07 Å². The van der Waals surface area contributed by atoms with Crippen LogP contribution in [0.1, 0.15) is 42.3 Å². The van der Waals surface area contributed by atoms with Gasteiger partial charge in [-0.25, -0.2) is 0 Å². The van der Waals surface area contributed by atoms with Crippen molar-refractivity contribution in [2.24, 2.45) is 0 Å². The normalized spacial score (nSPS) is 10.6. The van der Waals surface area contributed by atoms with Crippen LogP contribution >= 0.6 is 0 Å². The van der Waals surface area contributed by atoms with E-state index in [1.807, 2.05) is 74.5 Å². The van der Waals surface area contributed by atoms with Gasteiger partial charge in [0.1, 0.15) is 24.5 Å². The molecule has 5 nitrogen and oxygen atoms in total. The van der Waals surface area contributed by atoms with Gasteiger partial charge in [0.15, 0.2) is 17.3 Å². The first-order chi connectivity index (χ1) is 15.0. The van der Waals surface area contributed by atoms with Gasteiger partial charge < -0.3 is 18.9 Å². The van der Waals surface area contributed by atoms with Crippen LogP contribution in [0.4, 0.5) is 0 Å². The van der Waals surface area contributed by atoms with Crippen molar-refractivity contribution in [3.8, 4) is 23.0 Å². The SMILES string of the molecule is COc1c(OCc2ccccc2)cc(OCc2ccccc2)c(C(C)=O)c1OC(C)C. The second-order valence-corrected chi connectivity index (χ2v) is 7.38. The van der Waals surface area contributed by atoms with Crippen LogP contribution in [-0.2, 0) is 13.2 Å². The zero-order valence-corrected chi connectivity index (χ0v) is 18.4. The van der Waals surface area contributed by atoms with E-state index >= 15 is 0 Å². The maximum atomic E-state index is 12.6. The van der Waals surface area contributed by atoms with Gasteiger partial charge in [-0.3, -0.25) is 4.79 Å². The van der Waals surface area contributed by atoms with E-state index in [0.717, 1.165) is 11.1 Å². The fraction of sp³-hybridized carbons (Fsp3) is 0.269. The van der Waals surface area contributed by atoms with Gasteiger partial charge in [-0.05, 0) is 31.9 Å². The zero-order valence-electron chi connectivity index (χ0n) is 18.4. The Hall–Kier alpha value is -3.47. The number of benzene rings is 3. The van der Waals surface area contributed by atoms with Crippen LogP contribution in [-0.4, -0.2) is 19.0 Å². The Morgan fingerprint density at radius 1 is 0.806 bits per heavy atom. The van der Waals surface area contributed by atoms with E-state index < -0.39 is 0 Å². The van der Waals surface area contributed by atoms with Crippen molar-refractivity contribution in [2.75, 3.05) is 7.11 Å². The molecule has 0 spiro atoms. The molecule has 3 rings (SSSR count). The summed E-state index contributed by atoms with van der Waals surface area (Å²) in [4.78, 5) is 12.6. The molecule has 0 aliphatic rings. The summed E-state index contributed by atoms with van der Waals surface area (Å²) in [7, 11) is 1.53. The van der Waals surface area contributed by atoms with E-state index in [0.29, 0.717) is 41.8 Å². The lowest BCUT2D eigenvalue weighted by Crippen LogP contribution is -2.13. The number of ether oxygens (including phenoxy) is 4. The zero-order chi connectivity index (χ0) is 22.2. The molecule has 0 saturated carbocycles. The molecule has 0 atom stereocenters. The minimum absolute atomic E-state index is 0.168. The molecule has 0 aliphatic heterocycles. The summed E-state index contributed by atoms with van der Waals surface area (Å²) in [5.74, 6) is 1.39. The molecule has 3 aromatic carbocycles. The van der Waals surface area contributed by atoms with Crippen LogP contribution in [0.15, 0.2) is 66.7 Å². The molecule has 5 heteroatoms. The van der Waals surface area contributed by atoms with Crippen LogP contribution < -0.4 is 18.9 Å². The van der Waals surface area contributed by atoms with E-state index in [9.17, 15) is 4.79 Å². The van der Waals surface area contributed by atoms with Crippen molar-refractivity contribution in [3.05, 3.63) is 83.4 Å². The third-order valence-corrected chi connectivity index (χ3v) is 4.55. The first kappa shape index (κ1) is 22.2. The highest BCUT2D eigenvalue weighted by Crippen LogP contribution is 2.46. The summed E-state index contributed by atoms with van der Waals surface area (Å²) >= 11 is 0. The number of methoxy groups -OCH3 is 1. The maximum absolute atomic E-state index is 12.6. The molecule has 0 aliphatic carbocycles. The average molecular weight is 421 g/mol. The van der Waals surface area contributed by atoms with Gasteiger partial charge in [0.2, 0.25) is 5.75 Å². The highest BCUT2D eigenvalue weighted by molar-refractivity contribution is 6.01. The average Bonchev–Trinajstić information content (AvgIpc) is 2.76. The van der Waals surface area contributed by atoms with Gasteiger partial charge in [0.25, 0.3) is 0 Å². The lowest BCUT2D eigenvalue weighted by atomic mass is 10.1. The Morgan fingerprint density at radius 2 is 1.32 bits per heavy atom. The predicted molar refractivity (Wildman–Crippen MR) is 120 cm³/mol. The van der Waals surface area contributed by atoms with Crippen molar-refractivity contribution in [1.82, 2.24) is 0 Å². The number of rotatable bonds is 10. The molecule has 162 valence electrons. The van der Waals surface area contributed by atoms with Crippen molar-refractivity contribution < 1.29 is 23.7 Å². The van der Waals surface area contributed by atoms with E-state index in [2.05, 4.69) is 0 Å². The minimum Gasteiger partial charge on any atom is -0.490 e. The van der Waals surface area contributed by atoms with E-state index in [-0.39, 0.29) is 11.9 Å². The fourth-order valence-electron chi connectivity index (χ4n) is 3.16. The molecule has 0 unspecified atom stereocenters. The van der Waals surface area contributed by atoms with Crippen LogP contribution in [0.3, 0.4) is 0 Å². The lowest BCUT2D eigenvalue weighted by Gasteiger charge is -2.22. The number of carbonyl (C=O) groups excluding carboxylic acids is 1. The molecular formula is C26H28O5. The van der Waals surface area contributed by atoms with Gasteiger partial charge in [0.05, 0.1) is 13.2 Å². The molecule has 0 heterocycles. The van der Waals surface area contributed by atoms with Gasteiger partial charge in [-0.2, -0.15) is 0 Å². The van der Waals surface area contributed by atoms with Crippen molar-refractivity contribution in [2.45, 2.75) is 40.1 Å². The molecule has 3 aromatic rings. The third kappa shape index (κ3) is 5.79. The van der Waals surface area contributed by atoms with E-state index in [1.165, 1.54) is 14.0 Å². The molecule has 0 N–H and O–H groups in total. The van der Waals surface area contributed by atoms with Crippen LogP contribution in [0.5, 0.6) is 23.0 Å². The van der Waals surface area contributed by atoms with E-state index in [4.69, 9.17) is 18.9 Å². The van der Waals surface area contributed by atoms with Crippen LogP contribution in [0.2, 0.25) is 0 Å². The Labute approximate surface area is 183 Å². The smallest absolute Gasteiger partial charge is 0.204 e. The third-order valence-electron chi connectivity index (χ3n) is 4.55. The summed E-state index contributed by atoms with van der Waals surface area (Å²) in [6, 6.07) is 21.3. The standard InChI is InChI=1S/C26H28O5/c1-18(2)31-26-24(19(3)27)22(29-16-20-11-7-5-8-12-20)15-23(25(26)28-4)30-17-21-13-9-6-10-14-21/h5-15,18H,16-17H2,1-4H3. The summed E-state index contributed by atoms with van der Waals surface area (Å²) in [5.41, 5.74) is 2.35. The predicted octanol–water partition coefficient (Wildman–Crippen LogP) is 5.84. The number of carbonyl (C=O) groups is 1. The Balaban J connectivity index is 2.02. The Kier molecular flexibility index (Phi) is 7.55. The highest BCUT2D eigenvalue weighted by atomic mass is 16.5. The maximum Gasteiger partial charge on any atom is 0.204 e. The monoisotopic (exact) mass is 420 g/mol. The second-order valence-electron chi connectivity index (χ2n) is 7.38. The van der Waals surface area contributed by atoms with Gasteiger partial charge in [-0.1, -0.05) is 60.7 Å². The number of hydrogen-bond donors (Lipinski definition) is 0. The molecular weight excluding hydrogens is 392 g/mol. The van der Waals surface area contributed by atoms with Crippen molar-refractivity contribution in [1.29, 1.82) is 0 Å². The molecule has 0 radical (unpaired) electrons. The number of hydrogen-bond acceptors (Lipinski definition) is 5. The molecule has 0 bridgehead atoms. The Bertz CT molecular complexity index is 997. The molecule has 0 saturated heterocycles. The summed E-state index contributed by atoms with van der Waals surface area (Å²) in [6.45, 7) is 5.93. The summed E-state index contributed by atoms with van der Waals surface area (Å²) < 4.78 is 23.8. The topological polar surface area (TPSA) is 54.0 Å². The molecule has 0 fully saturated rings. The van der Waals surface area contributed by atoms with Crippen LogP contribution in [0.25, 0.3) is 0 Å². The first-order valence-electron chi connectivity index (χ1n) is 10.3. The van der Waals surface area contributed by atoms with Crippen LogP contribution in [0, 0.1) is 0 Å². The largest absolute Gasteiger partial charge is 0.490 e. The quantitative estimate of drug-likeness (QED) is 0.386. The van der Waals surface area contributed by atoms with Crippen molar-refractivity contribution >= 4 is 5.78 Å². The summed E-state index contributed by atoms with van der Waals surface area (Å²) in [6.07, 6.45) is -0.168. The summed E-state index contributed by atoms with van der Waals surface area (Å²) in [5, 5.41) is 0. The first-order valence-corrected chi connectivity index (χ1v) is 10.3. The second kappa shape index (κ2) is 10.5. The molecule has 0 aromatic heterocycles. The minimum atomic E-state index is -0.174. The lowest BCUT2D eigenvalue weighted by molar-refractivity contribution is 0.100. The number of ketones is 1. The fourth-order valence-corrected chi connectivity index (χ4v) is 3.16. The molecule has 31 heavy (non-hydrogen) atoms.